The molecule has 0 saturated carbocycles. The molecule has 1 aromatic carbocycles. The van der Waals surface area contributed by atoms with Gasteiger partial charge in [-0.1, -0.05) is 18.2 Å². The summed E-state index contributed by atoms with van der Waals surface area (Å²) in [5.74, 6) is -0.739. The van der Waals surface area contributed by atoms with Gasteiger partial charge in [0.15, 0.2) is 5.69 Å². The summed E-state index contributed by atoms with van der Waals surface area (Å²) < 4.78 is 3.13. The minimum Gasteiger partial charge on any atom is -0.321 e. The maximum Gasteiger partial charge on any atom is 0.278 e. The molecule has 0 aliphatic heterocycles. The number of aromatic nitrogens is 4. The Morgan fingerprint density at radius 3 is 2.48 bits per heavy atom. The molecular formula is C17H18N6O2. The first-order valence-electron chi connectivity index (χ1n) is 7.80. The summed E-state index contributed by atoms with van der Waals surface area (Å²) in [7, 11) is 1.73. The van der Waals surface area contributed by atoms with Crippen molar-refractivity contribution in [2.45, 2.75) is 13.5 Å². The maximum absolute atomic E-state index is 12.5. The van der Waals surface area contributed by atoms with E-state index in [0.717, 1.165) is 0 Å². The molecule has 3 rings (SSSR count). The zero-order chi connectivity index (χ0) is 17.8. The van der Waals surface area contributed by atoms with Gasteiger partial charge in [0.1, 0.15) is 0 Å². The summed E-state index contributed by atoms with van der Waals surface area (Å²) in [5.41, 5.74) is 1.57. The van der Waals surface area contributed by atoms with Crippen molar-refractivity contribution < 1.29 is 9.59 Å². The minimum absolute atomic E-state index is 0.156. The van der Waals surface area contributed by atoms with Crippen molar-refractivity contribution >= 4 is 23.2 Å². The number of carbonyl (C=O) groups excluding carboxylic acids is 2. The van der Waals surface area contributed by atoms with Gasteiger partial charge in [-0.25, -0.2) is 0 Å². The molecule has 2 aromatic heterocycles. The van der Waals surface area contributed by atoms with E-state index in [1.807, 2.05) is 25.1 Å². The first-order valence-corrected chi connectivity index (χ1v) is 7.80. The van der Waals surface area contributed by atoms with Crippen molar-refractivity contribution in [1.29, 1.82) is 0 Å². The Morgan fingerprint density at radius 1 is 1.08 bits per heavy atom. The lowest BCUT2D eigenvalue weighted by atomic mass is 10.2. The maximum atomic E-state index is 12.5. The molecule has 8 heteroatoms. The summed E-state index contributed by atoms with van der Waals surface area (Å²) in [6.07, 6.45) is 4.70. The third-order valence-electron chi connectivity index (χ3n) is 3.55. The summed E-state index contributed by atoms with van der Waals surface area (Å²) in [6, 6.07) is 9.07. The SMILES string of the molecule is CCn1cc(NC(=O)c2cnn(C)c2)c(C(=O)Nc2ccccc2)n1. The van der Waals surface area contributed by atoms with Gasteiger partial charge < -0.3 is 10.6 Å². The quantitative estimate of drug-likeness (QED) is 0.745. The van der Waals surface area contributed by atoms with Crippen LogP contribution < -0.4 is 10.6 Å². The Bertz CT molecular complexity index is 897. The van der Waals surface area contributed by atoms with Crippen molar-refractivity contribution in [1.82, 2.24) is 19.6 Å². The highest BCUT2D eigenvalue weighted by Gasteiger charge is 2.19. The molecule has 2 amide bonds. The number of para-hydroxylation sites is 1. The van der Waals surface area contributed by atoms with Crippen LogP contribution in [0.5, 0.6) is 0 Å². The van der Waals surface area contributed by atoms with E-state index in [1.54, 1.807) is 36.3 Å². The number of hydrogen-bond donors (Lipinski definition) is 2. The van der Waals surface area contributed by atoms with Crippen LogP contribution in [0.3, 0.4) is 0 Å². The third kappa shape index (κ3) is 3.74. The second-order valence-electron chi connectivity index (χ2n) is 5.42. The minimum atomic E-state index is -0.389. The van der Waals surface area contributed by atoms with Crippen LogP contribution in [0.25, 0.3) is 0 Å². The van der Waals surface area contributed by atoms with Gasteiger partial charge in [0, 0.05) is 31.7 Å². The topological polar surface area (TPSA) is 93.8 Å². The largest absolute Gasteiger partial charge is 0.321 e. The van der Waals surface area contributed by atoms with Gasteiger partial charge in [0.05, 0.1) is 17.4 Å². The van der Waals surface area contributed by atoms with Crippen LogP contribution in [-0.2, 0) is 13.6 Å². The average molecular weight is 338 g/mol. The zero-order valence-corrected chi connectivity index (χ0v) is 13.9. The zero-order valence-electron chi connectivity index (χ0n) is 13.9. The van der Waals surface area contributed by atoms with E-state index in [1.165, 1.54) is 10.9 Å². The molecule has 128 valence electrons. The summed E-state index contributed by atoms with van der Waals surface area (Å²) in [4.78, 5) is 24.9. The van der Waals surface area contributed by atoms with E-state index in [0.29, 0.717) is 23.5 Å². The fraction of sp³-hybridized carbons (Fsp3) is 0.176. The predicted molar refractivity (Wildman–Crippen MR) is 93.5 cm³/mol. The molecule has 0 saturated heterocycles. The highest BCUT2D eigenvalue weighted by atomic mass is 16.2. The summed E-state index contributed by atoms with van der Waals surface area (Å²) >= 11 is 0. The first-order chi connectivity index (χ1) is 12.1. The van der Waals surface area contributed by atoms with Gasteiger partial charge in [0.25, 0.3) is 11.8 Å². The molecule has 0 aliphatic rings. The lowest BCUT2D eigenvalue weighted by Crippen LogP contribution is -2.17. The van der Waals surface area contributed by atoms with Crippen molar-refractivity contribution in [2.75, 3.05) is 10.6 Å². The van der Waals surface area contributed by atoms with Crippen LogP contribution in [0.1, 0.15) is 27.8 Å². The number of anilines is 2. The number of hydrogen-bond acceptors (Lipinski definition) is 4. The number of nitrogens with zero attached hydrogens (tertiary/aromatic N) is 4. The molecule has 2 N–H and O–H groups in total. The van der Waals surface area contributed by atoms with E-state index >= 15 is 0 Å². The molecule has 0 aliphatic carbocycles. The molecular weight excluding hydrogens is 320 g/mol. The predicted octanol–water partition coefficient (Wildman–Crippen LogP) is 2.14. The molecule has 0 fully saturated rings. The smallest absolute Gasteiger partial charge is 0.278 e. The molecule has 25 heavy (non-hydrogen) atoms. The third-order valence-corrected chi connectivity index (χ3v) is 3.55. The fourth-order valence-electron chi connectivity index (χ4n) is 2.29. The number of rotatable bonds is 5. The Balaban J connectivity index is 1.83. The van der Waals surface area contributed by atoms with Crippen LogP contribution in [0.15, 0.2) is 48.9 Å². The van der Waals surface area contributed by atoms with Gasteiger partial charge in [-0.05, 0) is 19.1 Å². The van der Waals surface area contributed by atoms with Gasteiger partial charge in [0.2, 0.25) is 0 Å². The fourth-order valence-corrected chi connectivity index (χ4v) is 2.29. The van der Waals surface area contributed by atoms with Crippen LogP contribution >= 0.6 is 0 Å². The number of carbonyl (C=O) groups is 2. The van der Waals surface area contributed by atoms with E-state index < -0.39 is 0 Å². The van der Waals surface area contributed by atoms with E-state index in [4.69, 9.17) is 0 Å². The van der Waals surface area contributed by atoms with Crippen molar-refractivity contribution in [3.8, 4) is 0 Å². The highest BCUT2D eigenvalue weighted by molar-refractivity contribution is 6.11. The Labute approximate surface area is 144 Å². The average Bonchev–Trinajstić information content (AvgIpc) is 3.22. The van der Waals surface area contributed by atoms with E-state index in [2.05, 4.69) is 20.8 Å². The number of nitrogens with one attached hydrogen (secondary N) is 2. The molecule has 0 atom stereocenters. The summed E-state index contributed by atoms with van der Waals surface area (Å²) in [5, 5.41) is 13.7. The Hall–Kier alpha value is -3.42. The number of benzene rings is 1. The first kappa shape index (κ1) is 16.4. The van der Waals surface area contributed by atoms with Crippen LogP contribution in [0.4, 0.5) is 11.4 Å². The standard InChI is InChI=1S/C17H18N6O2/c1-3-23-11-14(20-16(24)12-9-18-22(2)10-12)15(21-23)17(25)19-13-7-5-4-6-8-13/h4-11H,3H2,1-2H3,(H,19,25)(H,20,24). The van der Waals surface area contributed by atoms with E-state index in [-0.39, 0.29) is 17.5 Å². The molecule has 3 aromatic rings. The monoisotopic (exact) mass is 338 g/mol. The second kappa shape index (κ2) is 7.00. The molecule has 0 unspecified atom stereocenters. The lowest BCUT2D eigenvalue weighted by Gasteiger charge is -2.05. The normalized spacial score (nSPS) is 10.5. The molecule has 8 nitrogen and oxygen atoms in total. The number of aryl methyl sites for hydroxylation is 2. The summed E-state index contributed by atoms with van der Waals surface area (Å²) in [6.45, 7) is 2.48. The van der Waals surface area contributed by atoms with E-state index in [9.17, 15) is 9.59 Å². The van der Waals surface area contributed by atoms with Crippen molar-refractivity contribution in [3.05, 3.63) is 60.2 Å². The Morgan fingerprint density at radius 2 is 1.84 bits per heavy atom. The highest BCUT2D eigenvalue weighted by Crippen LogP contribution is 2.17. The molecule has 2 heterocycles. The van der Waals surface area contributed by atoms with Crippen LogP contribution in [0, 0.1) is 0 Å². The van der Waals surface area contributed by atoms with Crippen molar-refractivity contribution in [2.24, 2.45) is 7.05 Å². The van der Waals surface area contributed by atoms with Gasteiger partial charge in [-0.3, -0.25) is 19.0 Å². The van der Waals surface area contributed by atoms with Crippen LogP contribution in [0.2, 0.25) is 0 Å². The van der Waals surface area contributed by atoms with Gasteiger partial charge in [-0.15, -0.1) is 0 Å². The van der Waals surface area contributed by atoms with Crippen LogP contribution in [-0.4, -0.2) is 31.4 Å². The van der Waals surface area contributed by atoms with Crippen molar-refractivity contribution in [3.63, 3.8) is 0 Å². The second-order valence-corrected chi connectivity index (χ2v) is 5.42. The number of amides is 2. The lowest BCUT2D eigenvalue weighted by molar-refractivity contribution is 0.102. The molecule has 0 radical (unpaired) electrons. The van der Waals surface area contributed by atoms with Gasteiger partial charge in [-0.2, -0.15) is 10.2 Å². The Kier molecular flexibility index (Phi) is 4.60. The molecule has 0 spiro atoms. The molecule has 0 bridgehead atoms. The van der Waals surface area contributed by atoms with Gasteiger partial charge >= 0.3 is 0 Å².